The quantitative estimate of drug-likeness (QED) is 0.0910. The average Bonchev–Trinajstić information content (AvgIpc) is 2.87. The van der Waals surface area contributed by atoms with Crippen molar-refractivity contribution < 1.29 is 33.7 Å². The van der Waals surface area contributed by atoms with Gasteiger partial charge in [0.2, 0.25) is 0 Å². The van der Waals surface area contributed by atoms with E-state index in [1.807, 2.05) is 0 Å². The van der Waals surface area contributed by atoms with E-state index in [1.165, 1.54) is 0 Å². The Bertz CT molecular complexity index is 785. The molecule has 1 N–H and O–H groups in total. The molecule has 0 bridgehead atoms. The van der Waals surface area contributed by atoms with Crippen molar-refractivity contribution >= 4 is 17.9 Å². The van der Waals surface area contributed by atoms with E-state index in [-0.39, 0.29) is 36.1 Å². The van der Waals surface area contributed by atoms with Crippen LogP contribution in [0.15, 0.2) is 0 Å². The third-order valence-corrected chi connectivity index (χ3v) is 9.42. The summed E-state index contributed by atoms with van der Waals surface area (Å²) < 4.78 is 16.3. The van der Waals surface area contributed by atoms with E-state index in [4.69, 9.17) is 14.2 Å². The van der Waals surface area contributed by atoms with Crippen LogP contribution < -0.4 is 0 Å². The molecule has 0 aromatic rings. The number of rotatable bonds is 23. The fourth-order valence-corrected chi connectivity index (χ4v) is 5.59. The van der Waals surface area contributed by atoms with Gasteiger partial charge in [-0.2, -0.15) is 0 Å². The van der Waals surface area contributed by atoms with E-state index in [0.717, 1.165) is 38.5 Å². The molecule has 7 nitrogen and oxygen atoms in total. The minimum Gasteiger partial charge on any atom is -0.466 e. The van der Waals surface area contributed by atoms with Crippen molar-refractivity contribution in [2.24, 2.45) is 34.0 Å². The highest BCUT2D eigenvalue weighted by molar-refractivity contribution is 5.90. The van der Waals surface area contributed by atoms with Crippen LogP contribution in [0.5, 0.6) is 0 Å². The van der Waals surface area contributed by atoms with E-state index in [0.29, 0.717) is 37.0 Å². The van der Waals surface area contributed by atoms with Crippen molar-refractivity contribution in [2.45, 2.75) is 159 Å². The zero-order valence-corrected chi connectivity index (χ0v) is 30.0. The zero-order valence-electron chi connectivity index (χ0n) is 30.0. The van der Waals surface area contributed by atoms with Gasteiger partial charge in [0.25, 0.3) is 0 Å². The number of hydrogen-bond donors (Lipinski definition) is 1. The Hall–Kier alpha value is -1.63. The first-order valence-electron chi connectivity index (χ1n) is 16.9. The fraction of sp³-hybridized carbons (Fsp3) is 0.917. The van der Waals surface area contributed by atoms with Gasteiger partial charge in [0.05, 0.1) is 32.7 Å². The Morgan fingerprint density at radius 3 is 1.12 bits per heavy atom. The maximum Gasteiger partial charge on any atom is 0.339 e. The highest BCUT2D eigenvalue weighted by Gasteiger charge is 2.43. The second-order valence-corrected chi connectivity index (χ2v) is 15.8. The Balaban J connectivity index is 5.23. The molecular formula is C36H68O7. The molecule has 0 fully saturated rings. The first-order chi connectivity index (χ1) is 19.7. The minimum atomic E-state index is -2.34. The summed E-state index contributed by atoms with van der Waals surface area (Å²) in [5, 5.41) is 11.3. The van der Waals surface area contributed by atoms with Crippen LogP contribution in [0.2, 0.25) is 0 Å². The second-order valence-electron chi connectivity index (χ2n) is 15.8. The van der Waals surface area contributed by atoms with Gasteiger partial charge in [0.15, 0.2) is 5.60 Å². The van der Waals surface area contributed by atoms with Crippen molar-refractivity contribution in [1.82, 2.24) is 0 Å². The van der Waals surface area contributed by atoms with Gasteiger partial charge in [-0.05, 0) is 72.5 Å². The van der Waals surface area contributed by atoms with Crippen LogP contribution in [0.3, 0.4) is 0 Å². The summed E-state index contributed by atoms with van der Waals surface area (Å²) in [5.41, 5.74) is -1.74. The van der Waals surface area contributed by atoms with E-state index in [9.17, 15) is 19.5 Å². The van der Waals surface area contributed by atoms with Crippen LogP contribution in [-0.2, 0) is 28.6 Å². The molecule has 0 aromatic carbocycles. The highest BCUT2D eigenvalue weighted by Crippen LogP contribution is 2.32. The van der Waals surface area contributed by atoms with Crippen LogP contribution in [0.1, 0.15) is 154 Å². The third-order valence-electron chi connectivity index (χ3n) is 9.42. The number of carbonyl (C=O) groups is 3. The number of esters is 3. The normalized spacial score (nSPS) is 16.1. The monoisotopic (exact) mass is 612 g/mol. The molecule has 254 valence electrons. The lowest BCUT2D eigenvalue weighted by molar-refractivity contribution is -0.178. The minimum absolute atomic E-state index is 0.0989. The van der Waals surface area contributed by atoms with Crippen LogP contribution in [0, 0.1) is 34.0 Å². The molecule has 0 amide bonds. The molecule has 3 atom stereocenters. The largest absolute Gasteiger partial charge is 0.466 e. The smallest absolute Gasteiger partial charge is 0.339 e. The SMILES string of the molecule is CCC(C)(C)CC(C)CCOC(=O)CC(O)(CC(=O)OCCC(C)CC(C)(C)CC)C(=O)OCCC(C)CC(C)(C)CC. The molecule has 43 heavy (non-hydrogen) atoms. The van der Waals surface area contributed by atoms with E-state index in [1.54, 1.807) is 0 Å². The maximum atomic E-state index is 13.1. The van der Waals surface area contributed by atoms with Crippen LogP contribution in [-0.4, -0.2) is 48.4 Å². The lowest BCUT2D eigenvalue weighted by Gasteiger charge is -2.28. The van der Waals surface area contributed by atoms with Crippen molar-refractivity contribution in [2.75, 3.05) is 19.8 Å². The number of aliphatic hydroxyl groups is 1. The molecule has 3 unspecified atom stereocenters. The third kappa shape index (κ3) is 18.7. The lowest BCUT2D eigenvalue weighted by Crippen LogP contribution is -2.45. The lowest BCUT2D eigenvalue weighted by atomic mass is 9.80. The van der Waals surface area contributed by atoms with Gasteiger partial charge in [-0.15, -0.1) is 0 Å². The molecule has 0 heterocycles. The topological polar surface area (TPSA) is 99.1 Å². The summed E-state index contributed by atoms with van der Waals surface area (Å²) in [6.45, 7) is 26.6. The average molecular weight is 613 g/mol. The van der Waals surface area contributed by atoms with Gasteiger partial charge < -0.3 is 19.3 Å². The summed E-state index contributed by atoms with van der Waals surface area (Å²) in [4.78, 5) is 38.6. The summed E-state index contributed by atoms with van der Waals surface area (Å²) in [6, 6.07) is 0. The van der Waals surface area contributed by atoms with Gasteiger partial charge in [-0.1, -0.05) is 102 Å². The van der Waals surface area contributed by atoms with Crippen molar-refractivity contribution in [3.05, 3.63) is 0 Å². The molecule has 0 aliphatic heterocycles. The predicted molar refractivity (Wildman–Crippen MR) is 174 cm³/mol. The molecule has 0 radical (unpaired) electrons. The van der Waals surface area contributed by atoms with Crippen molar-refractivity contribution in [1.29, 1.82) is 0 Å². The van der Waals surface area contributed by atoms with E-state index >= 15 is 0 Å². The summed E-state index contributed by atoms with van der Waals surface area (Å²) >= 11 is 0. The van der Waals surface area contributed by atoms with Crippen molar-refractivity contribution in [3.63, 3.8) is 0 Å². The Morgan fingerprint density at radius 1 is 0.558 bits per heavy atom. The fourth-order valence-electron chi connectivity index (χ4n) is 5.59. The molecule has 0 aliphatic carbocycles. The zero-order chi connectivity index (χ0) is 33.5. The molecule has 0 aromatic heterocycles. The first kappa shape index (κ1) is 41.4. The second kappa shape index (κ2) is 19.0. The molecule has 0 aliphatic rings. The predicted octanol–water partition coefficient (Wildman–Crippen LogP) is 8.68. The molecule has 0 saturated heterocycles. The summed E-state index contributed by atoms with van der Waals surface area (Å²) in [5.74, 6) is -1.44. The van der Waals surface area contributed by atoms with Crippen LogP contribution in [0.25, 0.3) is 0 Å². The van der Waals surface area contributed by atoms with Gasteiger partial charge in [0.1, 0.15) is 0 Å². The van der Waals surface area contributed by atoms with Crippen LogP contribution in [0.4, 0.5) is 0 Å². The Labute approximate surface area is 264 Å². The van der Waals surface area contributed by atoms with Crippen LogP contribution >= 0.6 is 0 Å². The van der Waals surface area contributed by atoms with Gasteiger partial charge in [-0.25, -0.2) is 4.79 Å². The highest BCUT2D eigenvalue weighted by atomic mass is 16.6. The number of carbonyl (C=O) groups excluding carboxylic acids is 3. The summed E-state index contributed by atoms with van der Waals surface area (Å²) in [6.07, 6.45) is 6.83. The molecule has 0 rings (SSSR count). The standard InChI is InChI=1S/C36H68O7/c1-13-33(7,8)22-27(4)16-19-41-30(37)25-36(40,32(39)43-21-18-29(6)24-35(11,12)15-3)26-31(38)42-20-17-28(5)23-34(9,10)14-2/h27-29,40H,13-26H2,1-12H3. The van der Waals surface area contributed by atoms with Crippen molar-refractivity contribution in [3.8, 4) is 0 Å². The first-order valence-corrected chi connectivity index (χ1v) is 16.9. The molecule has 7 heteroatoms. The number of ether oxygens (including phenoxy) is 3. The van der Waals surface area contributed by atoms with Gasteiger partial charge >= 0.3 is 17.9 Å². The van der Waals surface area contributed by atoms with E-state index in [2.05, 4.69) is 83.1 Å². The Kier molecular flexibility index (Phi) is 18.3. The van der Waals surface area contributed by atoms with Gasteiger partial charge in [-0.3, -0.25) is 9.59 Å². The number of hydrogen-bond acceptors (Lipinski definition) is 7. The van der Waals surface area contributed by atoms with Gasteiger partial charge in [0, 0.05) is 0 Å². The molecular weight excluding hydrogens is 544 g/mol. The van der Waals surface area contributed by atoms with E-state index < -0.39 is 36.4 Å². The molecule has 0 spiro atoms. The molecule has 0 saturated carbocycles. The Morgan fingerprint density at radius 2 is 0.837 bits per heavy atom. The maximum absolute atomic E-state index is 13.1. The summed E-state index contributed by atoms with van der Waals surface area (Å²) in [7, 11) is 0.